The summed E-state index contributed by atoms with van der Waals surface area (Å²) in [6.45, 7) is 1.84. The predicted molar refractivity (Wildman–Crippen MR) is 114 cm³/mol. The Morgan fingerprint density at radius 1 is 1.03 bits per heavy atom. The minimum Gasteiger partial charge on any atom is -0.456 e. The molecule has 2 heterocycles. The highest BCUT2D eigenvalue weighted by atomic mass is 16.3. The van der Waals surface area contributed by atoms with Crippen molar-refractivity contribution >= 4 is 28.6 Å². The topological polar surface area (TPSA) is 83.3 Å². The summed E-state index contributed by atoms with van der Waals surface area (Å²) in [5.74, 6) is 2.56. The summed E-state index contributed by atoms with van der Waals surface area (Å²) in [5.41, 5.74) is 0.934. The fraction of sp³-hybridized carbons (Fsp3) is 0.409. The number of aryl methyl sites for hydroxylation is 1. The van der Waals surface area contributed by atoms with Gasteiger partial charge < -0.3 is 20.0 Å². The molecule has 2 N–H and O–H groups in total. The summed E-state index contributed by atoms with van der Waals surface area (Å²) in [4.78, 5) is 23.7. The van der Waals surface area contributed by atoms with Gasteiger partial charge in [0.2, 0.25) is 5.95 Å². The number of nitrogens with one attached hydrogen (secondary N) is 2. The lowest BCUT2D eigenvalue weighted by atomic mass is 9.91. The van der Waals surface area contributed by atoms with E-state index in [1.54, 1.807) is 12.1 Å². The zero-order valence-electron chi connectivity index (χ0n) is 17.1. The first-order valence-electron chi connectivity index (χ1n) is 10.1. The van der Waals surface area contributed by atoms with Crippen LogP contribution in [-0.2, 0) is 0 Å². The third-order valence-corrected chi connectivity index (χ3v) is 5.37. The molecule has 7 nitrogen and oxygen atoms in total. The van der Waals surface area contributed by atoms with Gasteiger partial charge in [-0.25, -0.2) is 4.98 Å². The average molecular weight is 393 g/mol. The van der Waals surface area contributed by atoms with Crippen molar-refractivity contribution < 1.29 is 9.21 Å². The average Bonchev–Trinajstić information content (AvgIpc) is 3.15. The van der Waals surface area contributed by atoms with E-state index in [0.29, 0.717) is 17.8 Å². The first kappa shape index (κ1) is 19.2. The number of fused-ring (bicyclic) bond motifs is 1. The van der Waals surface area contributed by atoms with E-state index in [9.17, 15) is 4.79 Å². The second kappa shape index (κ2) is 8.11. The lowest BCUT2D eigenvalue weighted by molar-refractivity contribution is 0.0897. The highest BCUT2D eigenvalue weighted by Crippen LogP contribution is 2.26. The summed E-state index contributed by atoms with van der Waals surface area (Å²) >= 11 is 0. The number of hydrogen-bond acceptors (Lipinski definition) is 6. The molecule has 2 aromatic heterocycles. The Balaban J connectivity index is 1.38. The highest BCUT2D eigenvalue weighted by molar-refractivity contribution is 5.91. The first-order valence-corrected chi connectivity index (χ1v) is 10.1. The van der Waals surface area contributed by atoms with Gasteiger partial charge in [-0.3, -0.25) is 4.79 Å². The molecule has 0 atom stereocenters. The van der Waals surface area contributed by atoms with Crippen LogP contribution in [0, 0.1) is 6.92 Å². The number of furan rings is 1. The molecule has 0 radical (unpaired) electrons. The van der Waals surface area contributed by atoms with Crippen LogP contribution in [0.25, 0.3) is 10.9 Å². The monoisotopic (exact) mass is 393 g/mol. The van der Waals surface area contributed by atoms with Crippen molar-refractivity contribution in [2.24, 2.45) is 0 Å². The molecule has 1 aliphatic rings. The maximum absolute atomic E-state index is 12.3. The van der Waals surface area contributed by atoms with Crippen molar-refractivity contribution in [2.45, 2.75) is 44.7 Å². The van der Waals surface area contributed by atoms with Gasteiger partial charge >= 0.3 is 0 Å². The minimum atomic E-state index is -0.136. The summed E-state index contributed by atoms with van der Waals surface area (Å²) < 4.78 is 5.41. The van der Waals surface area contributed by atoms with Crippen molar-refractivity contribution in [2.75, 3.05) is 24.3 Å². The van der Waals surface area contributed by atoms with E-state index in [4.69, 9.17) is 14.4 Å². The van der Waals surface area contributed by atoms with E-state index in [1.165, 1.54) is 0 Å². The van der Waals surface area contributed by atoms with Crippen LogP contribution in [0.2, 0.25) is 0 Å². The third-order valence-electron chi connectivity index (χ3n) is 5.37. The van der Waals surface area contributed by atoms with Gasteiger partial charge in [0.1, 0.15) is 11.6 Å². The zero-order chi connectivity index (χ0) is 20.4. The Hall–Kier alpha value is -3.09. The maximum Gasteiger partial charge on any atom is 0.287 e. The second-order valence-corrected chi connectivity index (χ2v) is 7.86. The van der Waals surface area contributed by atoms with Crippen LogP contribution < -0.4 is 15.5 Å². The van der Waals surface area contributed by atoms with Crippen LogP contribution in [0.1, 0.15) is 42.0 Å². The number of carbonyl (C=O) groups excluding carboxylic acids is 1. The van der Waals surface area contributed by atoms with Crippen molar-refractivity contribution in [1.82, 2.24) is 15.3 Å². The Morgan fingerprint density at radius 2 is 1.76 bits per heavy atom. The third kappa shape index (κ3) is 4.34. The van der Waals surface area contributed by atoms with Crippen molar-refractivity contribution in [3.05, 3.63) is 47.9 Å². The van der Waals surface area contributed by atoms with Crippen LogP contribution >= 0.6 is 0 Å². The van der Waals surface area contributed by atoms with Crippen molar-refractivity contribution in [1.29, 1.82) is 0 Å². The van der Waals surface area contributed by atoms with Crippen LogP contribution in [-0.4, -0.2) is 42.1 Å². The smallest absolute Gasteiger partial charge is 0.287 e. The maximum atomic E-state index is 12.3. The van der Waals surface area contributed by atoms with Gasteiger partial charge in [-0.2, -0.15) is 4.98 Å². The van der Waals surface area contributed by atoms with Gasteiger partial charge in [0, 0.05) is 31.6 Å². The lowest BCUT2D eigenvalue weighted by Crippen LogP contribution is -2.40. The van der Waals surface area contributed by atoms with E-state index in [1.807, 2.05) is 50.2 Å². The molecule has 4 rings (SSSR count). The number of carbonyl (C=O) groups is 1. The number of para-hydroxylation sites is 1. The van der Waals surface area contributed by atoms with Crippen LogP contribution in [0.5, 0.6) is 0 Å². The highest BCUT2D eigenvalue weighted by Gasteiger charge is 2.24. The van der Waals surface area contributed by atoms with E-state index in [2.05, 4.69) is 10.6 Å². The molecule has 0 aliphatic heterocycles. The molecule has 152 valence electrons. The fourth-order valence-electron chi connectivity index (χ4n) is 3.84. The number of nitrogens with zero attached hydrogens (tertiary/aromatic N) is 3. The molecular weight excluding hydrogens is 366 g/mol. The van der Waals surface area contributed by atoms with Gasteiger partial charge in [-0.1, -0.05) is 12.1 Å². The molecule has 0 bridgehead atoms. The van der Waals surface area contributed by atoms with E-state index < -0.39 is 0 Å². The van der Waals surface area contributed by atoms with Gasteiger partial charge in [0.15, 0.2) is 5.76 Å². The second-order valence-electron chi connectivity index (χ2n) is 7.86. The summed E-state index contributed by atoms with van der Waals surface area (Å²) in [6, 6.07) is 12.0. The van der Waals surface area contributed by atoms with Crippen molar-refractivity contribution in [3.63, 3.8) is 0 Å². The zero-order valence-corrected chi connectivity index (χ0v) is 17.1. The molecule has 7 heteroatoms. The van der Waals surface area contributed by atoms with E-state index >= 15 is 0 Å². The Morgan fingerprint density at radius 3 is 2.45 bits per heavy atom. The molecule has 0 spiro atoms. The van der Waals surface area contributed by atoms with E-state index in [0.717, 1.165) is 48.2 Å². The molecular formula is C22H27N5O2. The molecule has 1 saturated carbocycles. The normalized spacial score (nSPS) is 19.1. The number of rotatable bonds is 5. The van der Waals surface area contributed by atoms with Gasteiger partial charge in [-0.15, -0.1) is 0 Å². The predicted octanol–water partition coefficient (Wildman–Crippen LogP) is 3.75. The number of anilines is 2. The molecule has 0 unspecified atom stereocenters. The standard InChI is InChI=1S/C22H27N5O2/c1-14-8-13-19(29-14)21(28)23-15-9-11-16(12-10-15)24-22-25-18-7-5-4-6-17(18)20(26-22)27(2)3/h4-8,13,15-16H,9-12H2,1-3H3,(H,23,28)(H,24,25,26). The van der Waals surface area contributed by atoms with Crippen LogP contribution in [0.3, 0.4) is 0 Å². The van der Waals surface area contributed by atoms with Crippen LogP contribution in [0.15, 0.2) is 40.8 Å². The molecule has 1 fully saturated rings. The Bertz CT molecular complexity index is 1010. The molecule has 3 aromatic rings. The molecule has 29 heavy (non-hydrogen) atoms. The number of benzene rings is 1. The molecule has 1 aliphatic carbocycles. The van der Waals surface area contributed by atoms with Crippen LogP contribution in [0.4, 0.5) is 11.8 Å². The van der Waals surface area contributed by atoms with Crippen molar-refractivity contribution in [3.8, 4) is 0 Å². The quantitative estimate of drug-likeness (QED) is 0.687. The number of amides is 1. The largest absolute Gasteiger partial charge is 0.456 e. The summed E-state index contributed by atoms with van der Waals surface area (Å²) in [5, 5.41) is 7.62. The first-order chi connectivity index (χ1) is 14.0. The van der Waals surface area contributed by atoms with Gasteiger partial charge in [0.05, 0.1) is 5.52 Å². The summed E-state index contributed by atoms with van der Waals surface area (Å²) in [6.07, 6.45) is 3.74. The SMILES string of the molecule is Cc1ccc(C(=O)NC2CCC(Nc3nc(N(C)C)c4ccccc4n3)CC2)o1. The summed E-state index contributed by atoms with van der Waals surface area (Å²) in [7, 11) is 3.99. The lowest BCUT2D eigenvalue weighted by Gasteiger charge is -2.29. The molecule has 1 aromatic carbocycles. The minimum absolute atomic E-state index is 0.136. The Kier molecular flexibility index (Phi) is 5.38. The molecule has 1 amide bonds. The Labute approximate surface area is 170 Å². The number of aromatic nitrogens is 2. The fourth-order valence-corrected chi connectivity index (χ4v) is 3.84. The van der Waals surface area contributed by atoms with Gasteiger partial charge in [-0.05, 0) is 56.9 Å². The van der Waals surface area contributed by atoms with E-state index in [-0.39, 0.29) is 11.9 Å². The number of hydrogen-bond donors (Lipinski definition) is 2. The van der Waals surface area contributed by atoms with Gasteiger partial charge in [0.25, 0.3) is 5.91 Å². The molecule has 0 saturated heterocycles.